The van der Waals surface area contributed by atoms with Gasteiger partial charge in [-0.05, 0) is 50.1 Å². The molecule has 1 N–H and O–H groups in total. The third-order valence-electron chi connectivity index (χ3n) is 5.08. The highest BCUT2D eigenvalue weighted by Gasteiger charge is 2.15. The van der Waals surface area contributed by atoms with Gasteiger partial charge in [0.15, 0.2) is 11.5 Å². The number of carbonyl (C=O) groups excluding carboxylic acids is 1. The summed E-state index contributed by atoms with van der Waals surface area (Å²) in [6.07, 6.45) is 2.03. The Hall–Kier alpha value is -3.10. The molecule has 0 radical (unpaired) electrons. The van der Waals surface area contributed by atoms with Gasteiger partial charge in [0.1, 0.15) is 11.2 Å². The number of hydrogen-bond acceptors (Lipinski definition) is 6. The van der Waals surface area contributed by atoms with E-state index in [2.05, 4.69) is 10.3 Å². The van der Waals surface area contributed by atoms with Crippen LogP contribution in [0, 0.1) is 0 Å². The molecule has 0 saturated heterocycles. The number of nitrogens with one attached hydrogen (secondary N) is 1. The minimum Gasteiger partial charge on any atom is -0.490 e. The second kappa shape index (κ2) is 10.2. The molecule has 1 amide bonds. The lowest BCUT2D eigenvalue weighted by Crippen LogP contribution is -2.33. The largest absolute Gasteiger partial charge is 0.490 e. The minimum absolute atomic E-state index is 0.1000. The number of hydrogen-bond donors (Lipinski definition) is 1. The number of aromatic nitrogens is 2. The third kappa shape index (κ3) is 4.96. The van der Waals surface area contributed by atoms with E-state index >= 15 is 0 Å². The van der Waals surface area contributed by atoms with E-state index in [-0.39, 0.29) is 18.0 Å². The van der Waals surface area contributed by atoms with Crippen LogP contribution in [0.3, 0.4) is 0 Å². The monoisotopic (exact) mass is 485 g/mol. The van der Waals surface area contributed by atoms with E-state index in [1.165, 1.54) is 22.2 Å². The molecular weight excluding hydrogens is 462 g/mol. The second-order valence-electron chi connectivity index (χ2n) is 7.32. The number of rotatable bonds is 9. The number of benzene rings is 2. The van der Waals surface area contributed by atoms with Crippen molar-refractivity contribution in [2.75, 3.05) is 19.8 Å². The highest BCUT2D eigenvalue weighted by molar-refractivity contribution is 7.25. The first-order valence-electron chi connectivity index (χ1n) is 10.7. The molecule has 2 heterocycles. The lowest BCUT2D eigenvalue weighted by Gasteiger charge is -2.13. The number of halogens is 1. The first-order chi connectivity index (χ1) is 16.0. The highest BCUT2D eigenvalue weighted by Crippen LogP contribution is 2.35. The van der Waals surface area contributed by atoms with Crippen LogP contribution in [0.15, 0.2) is 47.5 Å². The predicted molar refractivity (Wildman–Crippen MR) is 132 cm³/mol. The van der Waals surface area contributed by atoms with E-state index in [1.54, 1.807) is 6.07 Å². The summed E-state index contributed by atoms with van der Waals surface area (Å²) < 4.78 is 13.9. The van der Waals surface area contributed by atoms with Crippen LogP contribution in [0.1, 0.15) is 19.4 Å². The molecule has 0 aliphatic rings. The quantitative estimate of drug-likeness (QED) is 0.379. The second-order valence-corrected chi connectivity index (χ2v) is 8.78. The first kappa shape index (κ1) is 23.1. The number of fused-ring (bicyclic) bond motifs is 3. The normalized spacial score (nSPS) is 11.1. The van der Waals surface area contributed by atoms with Gasteiger partial charge in [0.2, 0.25) is 5.91 Å². The average molecular weight is 486 g/mol. The smallest absolute Gasteiger partial charge is 0.271 e. The molecule has 7 nitrogen and oxygen atoms in total. The van der Waals surface area contributed by atoms with Gasteiger partial charge in [0.25, 0.3) is 5.56 Å². The maximum absolute atomic E-state index is 12.9. The fourth-order valence-electron chi connectivity index (χ4n) is 3.59. The van der Waals surface area contributed by atoms with E-state index in [0.717, 1.165) is 15.6 Å². The molecule has 4 rings (SSSR count). The van der Waals surface area contributed by atoms with E-state index in [9.17, 15) is 9.59 Å². The maximum Gasteiger partial charge on any atom is 0.271 e. The first-order valence-corrected chi connectivity index (χ1v) is 11.9. The lowest BCUT2D eigenvalue weighted by atomic mass is 10.1. The van der Waals surface area contributed by atoms with Crippen molar-refractivity contribution in [3.05, 3.63) is 63.7 Å². The molecule has 0 aliphatic carbocycles. The third-order valence-corrected chi connectivity index (χ3v) is 6.53. The Balaban J connectivity index is 1.42. The molecule has 172 valence electrons. The van der Waals surface area contributed by atoms with Crippen LogP contribution in [-0.2, 0) is 17.8 Å². The van der Waals surface area contributed by atoms with Crippen molar-refractivity contribution in [2.24, 2.45) is 0 Å². The summed E-state index contributed by atoms with van der Waals surface area (Å²) in [4.78, 5) is 29.8. The van der Waals surface area contributed by atoms with Gasteiger partial charge in [0.05, 0.1) is 30.1 Å². The highest BCUT2D eigenvalue weighted by atomic mass is 35.5. The number of amides is 1. The molecule has 0 aliphatic heterocycles. The molecular formula is C24H24ClN3O4S. The van der Waals surface area contributed by atoms with Crippen molar-refractivity contribution in [3.8, 4) is 11.5 Å². The summed E-state index contributed by atoms with van der Waals surface area (Å²) in [6, 6.07) is 11.3. The van der Waals surface area contributed by atoms with E-state index in [4.69, 9.17) is 21.1 Å². The van der Waals surface area contributed by atoms with Crippen LogP contribution in [0.4, 0.5) is 0 Å². The maximum atomic E-state index is 12.9. The fraction of sp³-hybridized carbons (Fsp3) is 0.292. The minimum atomic E-state index is -0.256. The van der Waals surface area contributed by atoms with Gasteiger partial charge in [-0.15, -0.1) is 11.3 Å². The molecule has 0 saturated carbocycles. The van der Waals surface area contributed by atoms with Gasteiger partial charge in [-0.2, -0.15) is 0 Å². The van der Waals surface area contributed by atoms with E-state index < -0.39 is 0 Å². The van der Waals surface area contributed by atoms with E-state index in [1.807, 2.05) is 44.2 Å². The lowest BCUT2D eigenvalue weighted by molar-refractivity contribution is -0.121. The van der Waals surface area contributed by atoms with Crippen molar-refractivity contribution < 1.29 is 14.3 Å². The van der Waals surface area contributed by atoms with Gasteiger partial charge < -0.3 is 14.8 Å². The Morgan fingerprint density at radius 3 is 2.73 bits per heavy atom. The van der Waals surface area contributed by atoms with Crippen molar-refractivity contribution in [3.63, 3.8) is 0 Å². The predicted octanol–water partition coefficient (Wildman–Crippen LogP) is 4.42. The molecule has 33 heavy (non-hydrogen) atoms. The average Bonchev–Trinajstić information content (AvgIpc) is 3.18. The van der Waals surface area contributed by atoms with Gasteiger partial charge in [-0.3, -0.25) is 14.2 Å². The molecule has 0 spiro atoms. The van der Waals surface area contributed by atoms with Gasteiger partial charge in [-0.25, -0.2) is 4.98 Å². The molecule has 0 bridgehead atoms. The SMILES string of the molecule is CCOc1ccc(CCNC(=O)Cn2cnc3c(sc4cccc(Cl)c43)c2=O)cc1OCC. The van der Waals surface area contributed by atoms with Gasteiger partial charge in [0, 0.05) is 16.6 Å². The summed E-state index contributed by atoms with van der Waals surface area (Å²) in [6.45, 7) is 5.28. The zero-order chi connectivity index (χ0) is 23.4. The zero-order valence-electron chi connectivity index (χ0n) is 18.4. The van der Waals surface area contributed by atoms with Crippen LogP contribution in [-0.4, -0.2) is 35.2 Å². The molecule has 2 aromatic carbocycles. The van der Waals surface area contributed by atoms with Crippen molar-refractivity contribution >= 4 is 49.1 Å². The van der Waals surface area contributed by atoms with Crippen LogP contribution in [0.2, 0.25) is 5.02 Å². The molecule has 9 heteroatoms. The Labute approximate surface area is 199 Å². The van der Waals surface area contributed by atoms with Crippen LogP contribution in [0.25, 0.3) is 20.3 Å². The number of carbonyl (C=O) groups is 1. The molecule has 0 unspecified atom stereocenters. The van der Waals surface area contributed by atoms with Gasteiger partial charge in [-0.1, -0.05) is 23.7 Å². The van der Waals surface area contributed by atoms with Crippen LogP contribution < -0.4 is 20.3 Å². The zero-order valence-corrected chi connectivity index (χ0v) is 20.0. The summed E-state index contributed by atoms with van der Waals surface area (Å²) in [5.41, 5.74) is 1.34. The summed E-state index contributed by atoms with van der Waals surface area (Å²) in [7, 11) is 0. The van der Waals surface area contributed by atoms with Crippen LogP contribution >= 0.6 is 22.9 Å². The van der Waals surface area contributed by atoms with Crippen molar-refractivity contribution in [1.29, 1.82) is 0 Å². The summed E-state index contributed by atoms with van der Waals surface area (Å²) >= 11 is 7.63. The molecule has 4 aromatic rings. The van der Waals surface area contributed by atoms with Gasteiger partial charge >= 0.3 is 0 Å². The standard InChI is InChI=1S/C24H24ClN3O4S/c1-3-31-17-9-8-15(12-18(17)32-4-2)10-11-26-20(29)13-28-14-27-22-21-16(25)6-5-7-19(21)33-23(22)24(28)30/h5-9,12,14H,3-4,10-11,13H2,1-2H3,(H,26,29). The number of nitrogens with zero attached hydrogens (tertiary/aromatic N) is 2. The Kier molecular flexibility index (Phi) is 7.15. The Morgan fingerprint density at radius 1 is 1.15 bits per heavy atom. The van der Waals surface area contributed by atoms with Crippen molar-refractivity contribution in [1.82, 2.24) is 14.9 Å². The fourth-order valence-corrected chi connectivity index (χ4v) is 5.04. The van der Waals surface area contributed by atoms with E-state index in [0.29, 0.717) is 52.9 Å². The Bertz CT molecular complexity index is 1370. The Morgan fingerprint density at radius 2 is 1.94 bits per heavy atom. The number of ether oxygens (including phenoxy) is 2. The topological polar surface area (TPSA) is 82.5 Å². The summed E-state index contributed by atoms with van der Waals surface area (Å²) in [5.74, 6) is 1.14. The van der Waals surface area contributed by atoms with Crippen molar-refractivity contribution in [2.45, 2.75) is 26.8 Å². The van der Waals surface area contributed by atoms with Crippen LogP contribution in [0.5, 0.6) is 11.5 Å². The number of thiophene rings is 1. The summed E-state index contributed by atoms with van der Waals surface area (Å²) in [5, 5.41) is 4.20. The molecule has 0 atom stereocenters. The molecule has 0 fully saturated rings. The molecule has 2 aromatic heterocycles.